The van der Waals surface area contributed by atoms with Crippen LogP contribution in [0.15, 0.2) is 24.3 Å². The summed E-state index contributed by atoms with van der Waals surface area (Å²) in [5.41, 5.74) is 2.23. The number of nitrogens with zero attached hydrogens (tertiary/aromatic N) is 2. The Labute approximate surface area is 123 Å². The third kappa shape index (κ3) is 2.20. The lowest BCUT2D eigenvalue weighted by Crippen LogP contribution is -2.47. The normalized spacial score (nSPS) is 26.0. The molecule has 0 radical (unpaired) electrons. The Kier molecular flexibility index (Phi) is 3.94. The Morgan fingerprint density at radius 3 is 3.00 bits per heavy atom. The standard InChI is InChI=1S/C14H17N3O2.ClH/c1-2-4-11-10(3-1)13-14(12-9-18-7-5-15-12)19-8-6-17(13)16-11;/h1-4,12,14-15H,5-9H2;1H/t12-,14+;/m0./s1. The molecule has 0 saturated carbocycles. The highest BCUT2D eigenvalue weighted by Crippen LogP contribution is 2.32. The first-order chi connectivity index (χ1) is 9.43. The van der Waals surface area contributed by atoms with Gasteiger partial charge in [-0.2, -0.15) is 5.10 Å². The minimum absolute atomic E-state index is 0. The number of morpholine rings is 1. The van der Waals surface area contributed by atoms with Gasteiger partial charge in [0.2, 0.25) is 0 Å². The maximum absolute atomic E-state index is 6.01. The van der Waals surface area contributed by atoms with Crippen molar-refractivity contribution >= 4 is 23.3 Å². The van der Waals surface area contributed by atoms with E-state index < -0.39 is 0 Å². The molecule has 0 unspecified atom stereocenters. The number of hydrogen-bond donors (Lipinski definition) is 1. The zero-order chi connectivity index (χ0) is 12.7. The molecule has 3 heterocycles. The second-order valence-electron chi connectivity index (χ2n) is 5.05. The van der Waals surface area contributed by atoms with Gasteiger partial charge in [0.25, 0.3) is 0 Å². The molecule has 2 atom stereocenters. The van der Waals surface area contributed by atoms with Gasteiger partial charge in [0.05, 0.1) is 43.6 Å². The highest BCUT2D eigenvalue weighted by Gasteiger charge is 2.33. The van der Waals surface area contributed by atoms with Crippen LogP contribution < -0.4 is 5.32 Å². The molecular weight excluding hydrogens is 278 g/mol. The van der Waals surface area contributed by atoms with E-state index >= 15 is 0 Å². The van der Waals surface area contributed by atoms with Crippen molar-refractivity contribution in [2.45, 2.75) is 18.7 Å². The highest BCUT2D eigenvalue weighted by molar-refractivity contribution is 5.85. The number of fused-ring (bicyclic) bond motifs is 3. The minimum Gasteiger partial charge on any atom is -0.378 e. The Morgan fingerprint density at radius 1 is 1.25 bits per heavy atom. The van der Waals surface area contributed by atoms with Gasteiger partial charge in [0.1, 0.15) is 6.10 Å². The monoisotopic (exact) mass is 295 g/mol. The van der Waals surface area contributed by atoms with Gasteiger partial charge in [-0.25, -0.2) is 0 Å². The van der Waals surface area contributed by atoms with Crippen LogP contribution in [0, 0.1) is 0 Å². The van der Waals surface area contributed by atoms with Crippen molar-refractivity contribution < 1.29 is 9.47 Å². The first-order valence-corrected chi connectivity index (χ1v) is 6.82. The van der Waals surface area contributed by atoms with E-state index in [1.54, 1.807) is 0 Å². The van der Waals surface area contributed by atoms with Gasteiger partial charge in [-0.3, -0.25) is 4.68 Å². The highest BCUT2D eigenvalue weighted by atomic mass is 35.5. The van der Waals surface area contributed by atoms with Crippen LogP contribution in [0.2, 0.25) is 0 Å². The molecule has 2 aromatic rings. The first-order valence-electron chi connectivity index (χ1n) is 6.82. The minimum atomic E-state index is 0. The van der Waals surface area contributed by atoms with Gasteiger partial charge in [0.15, 0.2) is 0 Å². The number of ether oxygens (including phenoxy) is 2. The fourth-order valence-corrected chi connectivity index (χ4v) is 3.00. The molecule has 1 saturated heterocycles. The number of rotatable bonds is 1. The first kappa shape index (κ1) is 13.8. The van der Waals surface area contributed by atoms with E-state index in [9.17, 15) is 0 Å². The predicted octanol–water partition coefficient (Wildman–Crippen LogP) is 1.52. The summed E-state index contributed by atoms with van der Waals surface area (Å²) in [5.74, 6) is 0. The van der Waals surface area contributed by atoms with Crippen LogP contribution in [0.3, 0.4) is 0 Å². The summed E-state index contributed by atoms with van der Waals surface area (Å²) in [7, 11) is 0. The second kappa shape index (κ2) is 5.69. The van der Waals surface area contributed by atoms with E-state index in [4.69, 9.17) is 9.47 Å². The third-order valence-electron chi connectivity index (χ3n) is 3.87. The van der Waals surface area contributed by atoms with Gasteiger partial charge < -0.3 is 14.8 Å². The SMILES string of the molecule is Cl.c1ccc2c3n(nc2c1)CCO[C@@H]3[C@@H]1COCCN1. The van der Waals surface area contributed by atoms with Gasteiger partial charge >= 0.3 is 0 Å². The molecule has 0 bridgehead atoms. The topological polar surface area (TPSA) is 48.3 Å². The second-order valence-corrected chi connectivity index (χ2v) is 5.05. The summed E-state index contributed by atoms with van der Waals surface area (Å²) >= 11 is 0. The Balaban J connectivity index is 0.00000121. The Hall–Kier alpha value is -1.14. The van der Waals surface area contributed by atoms with E-state index in [0.29, 0.717) is 13.2 Å². The lowest BCUT2D eigenvalue weighted by atomic mass is 10.0. The number of hydrogen-bond acceptors (Lipinski definition) is 4. The van der Waals surface area contributed by atoms with Crippen molar-refractivity contribution in [2.24, 2.45) is 0 Å². The quantitative estimate of drug-likeness (QED) is 0.866. The van der Waals surface area contributed by atoms with Crippen LogP contribution in [0.4, 0.5) is 0 Å². The van der Waals surface area contributed by atoms with Crippen molar-refractivity contribution in [1.29, 1.82) is 0 Å². The zero-order valence-corrected chi connectivity index (χ0v) is 11.9. The van der Waals surface area contributed by atoms with Crippen molar-refractivity contribution in [1.82, 2.24) is 15.1 Å². The van der Waals surface area contributed by atoms with Gasteiger partial charge in [-0.05, 0) is 6.07 Å². The molecule has 1 aromatic carbocycles. The molecule has 5 nitrogen and oxygen atoms in total. The lowest BCUT2D eigenvalue weighted by molar-refractivity contribution is -0.0445. The summed E-state index contributed by atoms with van der Waals surface area (Å²) in [5, 5.41) is 9.35. The largest absolute Gasteiger partial charge is 0.378 e. The number of aromatic nitrogens is 2. The average Bonchev–Trinajstić information content (AvgIpc) is 2.86. The van der Waals surface area contributed by atoms with E-state index in [0.717, 1.165) is 25.2 Å². The summed E-state index contributed by atoms with van der Waals surface area (Å²) < 4.78 is 13.7. The fraction of sp³-hybridized carbons (Fsp3) is 0.500. The van der Waals surface area contributed by atoms with Crippen molar-refractivity contribution in [3.63, 3.8) is 0 Å². The summed E-state index contributed by atoms with van der Waals surface area (Å²) in [6.45, 7) is 3.90. The van der Waals surface area contributed by atoms with Crippen LogP contribution in [-0.4, -0.2) is 42.2 Å². The smallest absolute Gasteiger partial charge is 0.117 e. The molecule has 1 aromatic heterocycles. The van der Waals surface area contributed by atoms with Crippen LogP contribution >= 0.6 is 12.4 Å². The molecule has 2 aliphatic heterocycles. The maximum atomic E-state index is 6.01. The molecule has 0 amide bonds. The molecular formula is C14H18ClN3O2. The molecule has 1 N–H and O–H groups in total. The Morgan fingerprint density at radius 2 is 2.15 bits per heavy atom. The van der Waals surface area contributed by atoms with Crippen LogP contribution in [0.5, 0.6) is 0 Å². The summed E-state index contributed by atoms with van der Waals surface area (Å²) in [4.78, 5) is 0. The zero-order valence-electron chi connectivity index (χ0n) is 11.1. The van der Waals surface area contributed by atoms with Gasteiger partial charge in [-0.1, -0.05) is 18.2 Å². The van der Waals surface area contributed by atoms with E-state index in [-0.39, 0.29) is 24.6 Å². The molecule has 0 spiro atoms. The number of halogens is 1. The van der Waals surface area contributed by atoms with Crippen LogP contribution in [0.1, 0.15) is 11.8 Å². The molecule has 6 heteroatoms. The number of benzene rings is 1. The number of nitrogens with one attached hydrogen (secondary N) is 1. The maximum Gasteiger partial charge on any atom is 0.117 e. The Bertz CT molecular complexity index is 595. The van der Waals surface area contributed by atoms with Crippen LogP contribution in [0.25, 0.3) is 10.9 Å². The van der Waals surface area contributed by atoms with E-state index in [2.05, 4.69) is 33.3 Å². The molecule has 2 aliphatic rings. The van der Waals surface area contributed by atoms with Crippen molar-refractivity contribution in [3.05, 3.63) is 30.0 Å². The molecule has 20 heavy (non-hydrogen) atoms. The molecule has 0 aliphatic carbocycles. The lowest BCUT2D eigenvalue weighted by Gasteiger charge is -2.34. The van der Waals surface area contributed by atoms with Gasteiger partial charge in [0, 0.05) is 11.9 Å². The van der Waals surface area contributed by atoms with Crippen LogP contribution in [-0.2, 0) is 16.0 Å². The molecule has 1 fully saturated rings. The summed E-state index contributed by atoms with van der Waals surface area (Å²) in [6.07, 6.45) is 0.0291. The van der Waals surface area contributed by atoms with Crippen molar-refractivity contribution in [2.75, 3.05) is 26.4 Å². The van der Waals surface area contributed by atoms with Crippen molar-refractivity contribution in [3.8, 4) is 0 Å². The third-order valence-corrected chi connectivity index (χ3v) is 3.87. The van der Waals surface area contributed by atoms with E-state index in [1.807, 2.05) is 6.07 Å². The van der Waals surface area contributed by atoms with Gasteiger partial charge in [-0.15, -0.1) is 12.4 Å². The fourth-order valence-electron chi connectivity index (χ4n) is 3.00. The average molecular weight is 296 g/mol. The van der Waals surface area contributed by atoms with E-state index in [1.165, 1.54) is 11.1 Å². The molecule has 4 rings (SSSR count). The predicted molar refractivity (Wildman–Crippen MR) is 78.3 cm³/mol. The summed E-state index contributed by atoms with van der Waals surface area (Å²) in [6, 6.07) is 8.48. The molecule has 108 valence electrons.